The van der Waals surface area contributed by atoms with Crippen molar-refractivity contribution in [3.63, 3.8) is 0 Å². The molecule has 0 N–H and O–H groups in total. The summed E-state index contributed by atoms with van der Waals surface area (Å²) in [5.41, 5.74) is 4.72. The first kappa shape index (κ1) is 19.3. The van der Waals surface area contributed by atoms with Crippen LogP contribution in [0.15, 0.2) is 109 Å². The summed E-state index contributed by atoms with van der Waals surface area (Å²) in [5, 5.41) is 0. The van der Waals surface area contributed by atoms with Crippen LogP contribution in [0, 0.1) is 0 Å². The molecular weight excluding hydrogens is 368 g/mol. The molecule has 0 atom stereocenters. The molecule has 30 heavy (non-hydrogen) atoms. The van der Waals surface area contributed by atoms with Crippen LogP contribution >= 0.6 is 0 Å². The average Bonchev–Trinajstić information content (AvgIpc) is 2.83. The molecule has 0 spiro atoms. The predicted octanol–water partition coefficient (Wildman–Crippen LogP) is 6.32. The first-order valence-corrected chi connectivity index (χ1v) is 9.78. The Morgan fingerprint density at radius 1 is 0.400 bits per heavy atom. The minimum atomic E-state index is 0.0183. The highest BCUT2D eigenvalue weighted by Gasteiger charge is 2.08. The van der Waals surface area contributed by atoms with Crippen molar-refractivity contribution in [3.8, 4) is 0 Å². The lowest BCUT2D eigenvalue weighted by molar-refractivity contribution is 0.103. The van der Waals surface area contributed by atoms with Crippen LogP contribution in [0.5, 0.6) is 0 Å². The third-order valence-electron chi connectivity index (χ3n) is 4.89. The highest BCUT2D eigenvalue weighted by Crippen LogP contribution is 2.15. The molecule has 2 heteroatoms. The van der Waals surface area contributed by atoms with Crippen molar-refractivity contribution < 1.29 is 9.59 Å². The number of benzene rings is 4. The third-order valence-corrected chi connectivity index (χ3v) is 4.89. The van der Waals surface area contributed by atoms with Gasteiger partial charge in [0, 0.05) is 22.3 Å². The summed E-state index contributed by atoms with van der Waals surface area (Å²) in [7, 11) is 0. The molecule has 0 bridgehead atoms. The molecule has 4 aromatic rings. The Hall–Kier alpha value is -4.04. The van der Waals surface area contributed by atoms with Gasteiger partial charge >= 0.3 is 0 Å². The van der Waals surface area contributed by atoms with Crippen molar-refractivity contribution in [2.24, 2.45) is 0 Å². The smallest absolute Gasteiger partial charge is 0.193 e. The van der Waals surface area contributed by atoms with Crippen molar-refractivity contribution >= 4 is 23.7 Å². The predicted molar refractivity (Wildman–Crippen MR) is 122 cm³/mol. The van der Waals surface area contributed by atoms with E-state index in [-0.39, 0.29) is 11.6 Å². The Kier molecular flexibility index (Phi) is 5.77. The summed E-state index contributed by atoms with van der Waals surface area (Å²) < 4.78 is 0. The normalized spacial score (nSPS) is 10.8. The molecule has 0 amide bonds. The first-order valence-electron chi connectivity index (χ1n) is 9.78. The standard InChI is InChI=1S/C28H20O2/c29-27(23-7-3-1-4-8-23)25-17-13-21(14-18-25)11-12-22-15-19-26(20-16-22)28(30)24-9-5-2-6-10-24/h1-20H/b12-11-. The molecule has 2 nitrogen and oxygen atoms in total. The molecule has 0 saturated carbocycles. The molecule has 0 saturated heterocycles. The van der Waals surface area contributed by atoms with E-state index in [9.17, 15) is 9.59 Å². The molecule has 144 valence electrons. The molecule has 0 aliphatic heterocycles. The van der Waals surface area contributed by atoms with Crippen LogP contribution in [0.4, 0.5) is 0 Å². The SMILES string of the molecule is O=C(c1ccccc1)c1ccc(/C=C\c2ccc(C(=O)c3ccccc3)cc2)cc1. The van der Waals surface area contributed by atoms with E-state index in [0.717, 1.165) is 11.1 Å². The van der Waals surface area contributed by atoms with Gasteiger partial charge in [-0.25, -0.2) is 0 Å². The van der Waals surface area contributed by atoms with Crippen LogP contribution in [-0.4, -0.2) is 11.6 Å². The largest absolute Gasteiger partial charge is 0.289 e. The van der Waals surface area contributed by atoms with E-state index in [1.807, 2.05) is 121 Å². The van der Waals surface area contributed by atoms with Gasteiger partial charge in [0.05, 0.1) is 0 Å². The Balaban J connectivity index is 1.44. The second kappa shape index (κ2) is 8.97. The zero-order valence-corrected chi connectivity index (χ0v) is 16.4. The topological polar surface area (TPSA) is 34.1 Å². The summed E-state index contributed by atoms with van der Waals surface area (Å²) >= 11 is 0. The van der Waals surface area contributed by atoms with Crippen LogP contribution in [-0.2, 0) is 0 Å². The van der Waals surface area contributed by atoms with Crippen molar-refractivity contribution in [1.82, 2.24) is 0 Å². The maximum atomic E-state index is 12.5. The third kappa shape index (κ3) is 4.50. The highest BCUT2D eigenvalue weighted by molar-refractivity contribution is 6.09. The molecular formula is C28H20O2. The average molecular weight is 388 g/mol. The summed E-state index contributed by atoms with van der Waals surface area (Å²) in [6.07, 6.45) is 3.98. The number of ketones is 2. The van der Waals surface area contributed by atoms with E-state index in [2.05, 4.69) is 0 Å². The molecule has 0 fully saturated rings. The van der Waals surface area contributed by atoms with Gasteiger partial charge in [-0.1, -0.05) is 121 Å². The number of hydrogen-bond acceptors (Lipinski definition) is 2. The Morgan fingerprint density at radius 3 is 1.03 bits per heavy atom. The van der Waals surface area contributed by atoms with Gasteiger partial charge in [0.15, 0.2) is 11.6 Å². The van der Waals surface area contributed by atoms with Crippen LogP contribution in [0.2, 0.25) is 0 Å². The van der Waals surface area contributed by atoms with Gasteiger partial charge in [-0.3, -0.25) is 9.59 Å². The van der Waals surface area contributed by atoms with Gasteiger partial charge in [-0.15, -0.1) is 0 Å². The summed E-state index contributed by atoms with van der Waals surface area (Å²) in [5.74, 6) is 0.0367. The van der Waals surface area contributed by atoms with Crippen LogP contribution < -0.4 is 0 Å². The molecule has 4 aromatic carbocycles. The minimum Gasteiger partial charge on any atom is -0.289 e. The zero-order valence-electron chi connectivity index (χ0n) is 16.4. The van der Waals surface area contributed by atoms with E-state index < -0.39 is 0 Å². The highest BCUT2D eigenvalue weighted by atomic mass is 16.1. The summed E-state index contributed by atoms with van der Waals surface area (Å²) in [4.78, 5) is 25.0. The van der Waals surface area contributed by atoms with Gasteiger partial charge in [-0.05, 0) is 11.1 Å². The van der Waals surface area contributed by atoms with Crippen molar-refractivity contribution in [2.75, 3.05) is 0 Å². The maximum absolute atomic E-state index is 12.5. The molecule has 0 unspecified atom stereocenters. The number of rotatable bonds is 6. The van der Waals surface area contributed by atoms with Gasteiger partial charge in [0.1, 0.15) is 0 Å². The summed E-state index contributed by atoms with van der Waals surface area (Å²) in [6, 6.07) is 33.6. The lowest BCUT2D eigenvalue weighted by atomic mass is 10.0. The fraction of sp³-hybridized carbons (Fsp3) is 0. The fourth-order valence-electron chi connectivity index (χ4n) is 3.20. The van der Waals surface area contributed by atoms with E-state index >= 15 is 0 Å². The molecule has 0 aliphatic rings. The second-order valence-corrected chi connectivity index (χ2v) is 6.97. The first-order chi connectivity index (χ1) is 14.7. The number of carbonyl (C=O) groups excluding carboxylic acids is 2. The Labute approximate surface area is 176 Å². The van der Waals surface area contributed by atoms with Gasteiger partial charge in [-0.2, -0.15) is 0 Å². The monoisotopic (exact) mass is 388 g/mol. The van der Waals surface area contributed by atoms with Crippen molar-refractivity contribution in [2.45, 2.75) is 0 Å². The molecule has 0 aliphatic carbocycles. The van der Waals surface area contributed by atoms with E-state index in [4.69, 9.17) is 0 Å². The molecule has 4 rings (SSSR count). The molecule has 0 aromatic heterocycles. The van der Waals surface area contributed by atoms with Gasteiger partial charge in [0.25, 0.3) is 0 Å². The number of hydrogen-bond donors (Lipinski definition) is 0. The molecule has 0 radical (unpaired) electrons. The quantitative estimate of drug-likeness (QED) is 0.286. The van der Waals surface area contributed by atoms with E-state index in [1.54, 1.807) is 0 Å². The van der Waals surface area contributed by atoms with Crippen LogP contribution in [0.3, 0.4) is 0 Å². The van der Waals surface area contributed by atoms with E-state index in [1.165, 1.54) is 0 Å². The molecule has 0 heterocycles. The van der Waals surface area contributed by atoms with Gasteiger partial charge < -0.3 is 0 Å². The van der Waals surface area contributed by atoms with Crippen LogP contribution in [0.25, 0.3) is 12.2 Å². The summed E-state index contributed by atoms with van der Waals surface area (Å²) in [6.45, 7) is 0. The Bertz CT molecular complexity index is 1070. The zero-order chi connectivity index (χ0) is 20.8. The lowest BCUT2D eigenvalue weighted by Gasteiger charge is -2.03. The van der Waals surface area contributed by atoms with E-state index in [0.29, 0.717) is 22.3 Å². The second-order valence-electron chi connectivity index (χ2n) is 6.97. The van der Waals surface area contributed by atoms with Crippen molar-refractivity contribution in [1.29, 1.82) is 0 Å². The van der Waals surface area contributed by atoms with Gasteiger partial charge in [0.2, 0.25) is 0 Å². The number of carbonyl (C=O) groups is 2. The lowest BCUT2D eigenvalue weighted by Crippen LogP contribution is -2.00. The van der Waals surface area contributed by atoms with Crippen molar-refractivity contribution in [3.05, 3.63) is 143 Å². The van der Waals surface area contributed by atoms with Crippen LogP contribution in [0.1, 0.15) is 43.0 Å². The maximum Gasteiger partial charge on any atom is 0.193 e. The minimum absolute atomic E-state index is 0.0183. The fourth-order valence-corrected chi connectivity index (χ4v) is 3.20. The Morgan fingerprint density at radius 2 is 0.700 bits per heavy atom.